The second-order valence-corrected chi connectivity index (χ2v) is 12.6. The molecule has 0 bridgehead atoms. The van der Waals surface area contributed by atoms with Gasteiger partial charge in [-0.3, -0.25) is 0 Å². The minimum Gasteiger partial charge on any atom is -0.486 e. The van der Waals surface area contributed by atoms with Crippen LogP contribution in [0.4, 0.5) is 23.1 Å². The lowest BCUT2D eigenvalue weighted by molar-refractivity contribution is 0.170. The Morgan fingerprint density at radius 1 is 1.03 bits per heavy atom. The standard InChI is InChI=1S/C27H31ClN4O4S/c1-16(2)37(33,34)22-11-7-6-10-20(22)30-26-19(28)15-29-27(32-26)31-21-14-17(3)23(18-8-4-5-9-18)25-24(21)35-12-13-36-25/h6-7,10-11,14-16,18H,4-5,8-9,12-13H2,1-3H3,(H2,29,30,31,32). The Morgan fingerprint density at radius 3 is 2.46 bits per heavy atom. The summed E-state index contributed by atoms with van der Waals surface area (Å²) in [5, 5.41) is 6.04. The first-order chi connectivity index (χ1) is 17.8. The van der Waals surface area contributed by atoms with Gasteiger partial charge in [-0.25, -0.2) is 13.4 Å². The van der Waals surface area contributed by atoms with Crippen molar-refractivity contribution in [3.63, 3.8) is 0 Å². The molecule has 1 aromatic heterocycles. The second kappa shape index (κ2) is 10.4. The van der Waals surface area contributed by atoms with Gasteiger partial charge < -0.3 is 20.1 Å². The van der Waals surface area contributed by atoms with E-state index in [0.29, 0.717) is 42.2 Å². The molecule has 2 aliphatic rings. The maximum Gasteiger partial charge on any atom is 0.229 e. The number of nitrogens with one attached hydrogen (secondary N) is 2. The highest BCUT2D eigenvalue weighted by atomic mass is 35.5. The van der Waals surface area contributed by atoms with Crippen LogP contribution in [0.1, 0.15) is 56.6 Å². The number of hydrogen-bond donors (Lipinski definition) is 2. The van der Waals surface area contributed by atoms with Crippen molar-refractivity contribution in [1.82, 2.24) is 9.97 Å². The summed E-state index contributed by atoms with van der Waals surface area (Å²) in [5.41, 5.74) is 3.48. The van der Waals surface area contributed by atoms with E-state index in [-0.39, 0.29) is 15.7 Å². The number of fused-ring (bicyclic) bond motifs is 1. The number of rotatable bonds is 7. The van der Waals surface area contributed by atoms with Crippen molar-refractivity contribution in [3.05, 3.63) is 52.7 Å². The lowest BCUT2D eigenvalue weighted by Crippen LogP contribution is -2.19. The first kappa shape index (κ1) is 25.6. The molecule has 2 N–H and O–H groups in total. The summed E-state index contributed by atoms with van der Waals surface area (Å²) >= 11 is 6.40. The number of ether oxygens (including phenoxy) is 2. The molecule has 196 valence electrons. The molecule has 37 heavy (non-hydrogen) atoms. The molecule has 1 aliphatic heterocycles. The van der Waals surface area contributed by atoms with Crippen molar-refractivity contribution in [1.29, 1.82) is 0 Å². The summed E-state index contributed by atoms with van der Waals surface area (Å²) in [4.78, 5) is 9.08. The van der Waals surface area contributed by atoms with Crippen LogP contribution in [0, 0.1) is 6.92 Å². The summed E-state index contributed by atoms with van der Waals surface area (Å²) in [6.07, 6.45) is 6.26. The maximum atomic E-state index is 12.9. The van der Waals surface area contributed by atoms with E-state index < -0.39 is 15.1 Å². The number of nitrogens with zero attached hydrogens (tertiary/aromatic N) is 2. The van der Waals surface area contributed by atoms with Crippen molar-refractivity contribution in [2.45, 2.75) is 62.5 Å². The SMILES string of the molecule is Cc1cc(Nc2ncc(Cl)c(Nc3ccccc3S(=O)(=O)C(C)C)n2)c2c(c1C1CCCC1)OCCO2. The zero-order valence-corrected chi connectivity index (χ0v) is 22.7. The third-order valence-corrected chi connectivity index (χ3v) is 9.37. The van der Waals surface area contributed by atoms with Crippen molar-refractivity contribution < 1.29 is 17.9 Å². The third-order valence-electron chi connectivity index (χ3n) is 6.88. The van der Waals surface area contributed by atoms with Crippen LogP contribution in [0.25, 0.3) is 0 Å². The predicted octanol–water partition coefficient (Wildman–Crippen LogP) is 6.54. The Morgan fingerprint density at radius 2 is 1.73 bits per heavy atom. The van der Waals surface area contributed by atoms with Gasteiger partial charge in [-0.1, -0.05) is 36.6 Å². The van der Waals surface area contributed by atoms with E-state index in [2.05, 4.69) is 33.6 Å². The van der Waals surface area contributed by atoms with Crippen LogP contribution in [0.5, 0.6) is 11.5 Å². The van der Waals surface area contributed by atoms with Crippen LogP contribution in [-0.2, 0) is 9.84 Å². The maximum absolute atomic E-state index is 12.9. The molecule has 1 fully saturated rings. The molecule has 5 rings (SSSR count). The Labute approximate surface area is 222 Å². The second-order valence-electron chi connectivity index (χ2n) is 9.72. The van der Waals surface area contributed by atoms with E-state index in [1.54, 1.807) is 38.1 Å². The van der Waals surface area contributed by atoms with Crippen molar-refractivity contribution in [2.24, 2.45) is 0 Å². The minimum atomic E-state index is -3.52. The smallest absolute Gasteiger partial charge is 0.229 e. The van der Waals surface area contributed by atoms with Crippen LogP contribution >= 0.6 is 11.6 Å². The van der Waals surface area contributed by atoms with Crippen LogP contribution < -0.4 is 20.1 Å². The van der Waals surface area contributed by atoms with Crippen molar-refractivity contribution in [2.75, 3.05) is 23.8 Å². The number of benzene rings is 2. The summed E-state index contributed by atoms with van der Waals surface area (Å²) in [6.45, 7) is 6.37. The average Bonchev–Trinajstić information content (AvgIpc) is 3.40. The monoisotopic (exact) mass is 542 g/mol. The topological polar surface area (TPSA) is 102 Å². The zero-order valence-electron chi connectivity index (χ0n) is 21.2. The number of sulfone groups is 1. The van der Waals surface area contributed by atoms with Crippen LogP contribution in [-0.4, -0.2) is 36.8 Å². The largest absolute Gasteiger partial charge is 0.486 e. The van der Waals surface area contributed by atoms with Gasteiger partial charge in [0.1, 0.15) is 18.2 Å². The van der Waals surface area contributed by atoms with Gasteiger partial charge in [-0.15, -0.1) is 0 Å². The Balaban J connectivity index is 1.48. The molecule has 0 atom stereocenters. The molecule has 0 unspecified atom stereocenters. The quantitative estimate of drug-likeness (QED) is 0.347. The number of anilines is 4. The molecule has 0 radical (unpaired) electrons. The predicted molar refractivity (Wildman–Crippen MR) is 146 cm³/mol. The molecule has 1 saturated carbocycles. The molecule has 0 saturated heterocycles. The summed E-state index contributed by atoms with van der Waals surface area (Å²) in [6, 6.07) is 8.76. The van der Waals surface area contributed by atoms with Gasteiger partial charge >= 0.3 is 0 Å². The summed E-state index contributed by atoms with van der Waals surface area (Å²) < 4.78 is 37.9. The lowest BCUT2D eigenvalue weighted by atomic mass is 9.91. The Hall–Kier alpha value is -3.04. The Bertz CT molecular complexity index is 1420. The highest BCUT2D eigenvalue weighted by molar-refractivity contribution is 7.92. The number of aromatic nitrogens is 2. The third kappa shape index (κ3) is 5.07. The molecule has 2 aromatic carbocycles. The highest BCUT2D eigenvalue weighted by Crippen LogP contribution is 2.49. The van der Waals surface area contributed by atoms with E-state index in [9.17, 15) is 8.42 Å². The Kier molecular flexibility index (Phi) is 7.18. The van der Waals surface area contributed by atoms with E-state index >= 15 is 0 Å². The fourth-order valence-electron chi connectivity index (χ4n) is 5.01. The zero-order chi connectivity index (χ0) is 26.2. The van der Waals surface area contributed by atoms with Crippen LogP contribution in [0.2, 0.25) is 5.02 Å². The normalized spacial score (nSPS) is 15.7. The molecule has 2 heterocycles. The van der Waals surface area contributed by atoms with Gasteiger partial charge in [0, 0.05) is 5.56 Å². The van der Waals surface area contributed by atoms with Gasteiger partial charge in [0.15, 0.2) is 27.2 Å². The molecule has 1 aliphatic carbocycles. The van der Waals surface area contributed by atoms with E-state index in [1.807, 2.05) is 0 Å². The van der Waals surface area contributed by atoms with Crippen molar-refractivity contribution >= 4 is 44.6 Å². The van der Waals surface area contributed by atoms with Crippen LogP contribution in [0.3, 0.4) is 0 Å². The lowest BCUT2D eigenvalue weighted by Gasteiger charge is -2.27. The molecule has 8 nitrogen and oxygen atoms in total. The van der Waals surface area contributed by atoms with Gasteiger partial charge in [0.2, 0.25) is 5.95 Å². The van der Waals surface area contributed by atoms with Crippen molar-refractivity contribution in [3.8, 4) is 11.5 Å². The molecular formula is C27H31ClN4O4S. The number of halogens is 1. The van der Waals surface area contributed by atoms with Gasteiger partial charge in [-0.05, 0) is 63.3 Å². The van der Waals surface area contributed by atoms with Crippen LogP contribution in [0.15, 0.2) is 41.4 Å². The van der Waals surface area contributed by atoms with Gasteiger partial charge in [0.05, 0.1) is 27.7 Å². The van der Waals surface area contributed by atoms with E-state index in [1.165, 1.54) is 24.6 Å². The molecule has 0 amide bonds. The van der Waals surface area contributed by atoms with Gasteiger partial charge in [0.25, 0.3) is 0 Å². The highest BCUT2D eigenvalue weighted by Gasteiger charge is 2.29. The minimum absolute atomic E-state index is 0.187. The number of para-hydroxylation sites is 1. The first-order valence-corrected chi connectivity index (χ1v) is 14.5. The summed E-state index contributed by atoms with van der Waals surface area (Å²) in [5.74, 6) is 2.53. The molecule has 10 heteroatoms. The average molecular weight is 543 g/mol. The fraction of sp³-hybridized carbons (Fsp3) is 0.407. The number of hydrogen-bond acceptors (Lipinski definition) is 8. The van der Waals surface area contributed by atoms with Gasteiger partial charge in [-0.2, -0.15) is 4.98 Å². The first-order valence-electron chi connectivity index (χ1n) is 12.6. The molecule has 3 aromatic rings. The molecular weight excluding hydrogens is 512 g/mol. The van der Waals surface area contributed by atoms with E-state index in [4.69, 9.17) is 21.1 Å². The molecule has 0 spiro atoms. The summed E-state index contributed by atoms with van der Waals surface area (Å²) in [7, 11) is -3.52. The van der Waals surface area contributed by atoms with E-state index in [0.717, 1.165) is 24.2 Å². The number of aryl methyl sites for hydroxylation is 1. The fourth-order valence-corrected chi connectivity index (χ4v) is 6.35.